The molecule has 0 heterocycles. The van der Waals surface area contributed by atoms with E-state index in [4.69, 9.17) is 0 Å². The molecule has 0 aliphatic rings. The number of ketones is 1. The predicted molar refractivity (Wildman–Crippen MR) is 48.7 cm³/mol. The molecule has 0 aromatic rings. The van der Waals surface area contributed by atoms with E-state index in [0.29, 0.717) is 25.0 Å². The van der Waals surface area contributed by atoms with Crippen LogP contribution in [0.1, 0.15) is 51.9 Å². The molecule has 2 nitrogen and oxygen atoms in total. The smallest absolute Gasteiger partial charge is 0.198 e. The Bertz CT molecular complexity index is 130. The van der Waals surface area contributed by atoms with Crippen molar-refractivity contribution in [3.8, 4) is 0 Å². The van der Waals surface area contributed by atoms with Crippen LogP contribution in [0.15, 0.2) is 0 Å². The van der Waals surface area contributed by atoms with E-state index in [1.165, 1.54) is 0 Å². The molecular formula is C10H17O2. The van der Waals surface area contributed by atoms with Crippen molar-refractivity contribution >= 4 is 12.1 Å². The van der Waals surface area contributed by atoms with E-state index in [0.717, 1.165) is 25.7 Å². The first kappa shape index (κ1) is 11.3. The topological polar surface area (TPSA) is 34.1 Å². The van der Waals surface area contributed by atoms with Gasteiger partial charge in [-0.15, -0.1) is 0 Å². The second-order valence-electron chi connectivity index (χ2n) is 2.99. The average Bonchev–Trinajstić information content (AvgIpc) is 2.09. The maximum absolute atomic E-state index is 11.1. The van der Waals surface area contributed by atoms with E-state index >= 15 is 0 Å². The van der Waals surface area contributed by atoms with E-state index in [-0.39, 0.29) is 0 Å². The molecular weight excluding hydrogens is 152 g/mol. The van der Waals surface area contributed by atoms with Gasteiger partial charge in [0.2, 0.25) is 0 Å². The summed E-state index contributed by atoms with van der Waals surface area (Å²) >= 11 is 0. The number of carbonyl (C=O) groups is 1. The SMILES string of the molecule is CCCCC(=O)CCCC[C]=O. The number of hydrogen-bond donors (Lipinski definition) is 0. The van der Waals surface area contributed by atoms with E-state index in [2.05, 4.69) is 6.92 Å². The highest BCUT2D eigenvalue weighted by Gasteiger charge is 1.99. The molecule has 0 saturated heterocycles. The highest BCUT2D eigenvalue weighted by molar-refractivity contribution is 5.78. The molecule has 0 N–H and O–H groups in total. The summed E-state index contributed by atoms with van der Waals surface area (Å²) in [7, 11) is 0. The molecule has 0 aromatic carbocycles. The molecule has 0 rings (SSSR count). The van der Waals surface area contributed by atoms with Gasteiger partial charge in [0.25, 0.3) is 0 Å². The number of hydrogen-bond acceptors (Lipinski definition) is 2. The molecule has 0 aromatic heterocycles. The summed E-state index contributed by atoms with van der Waals surface area (Å²) in [4.78, 5) is 20.9. The molecule has 2 heteroatoms. The van der Waals surface area contributed by atoms with Gasteiger partial charge in [0.05, 0.1) is 0 Å². The van der Waals surface area contributed by atoms with Gasteiger partial charge in [0, 0.05) is 19.3 Å². The van der Waals surface area contributed by atoms with Crippen LogP contribution in [0.5, 0.6) is 0 Å². The lowest BCUT2D eigenvalue weighted by atomic mass is 10.1. The van der Waals surface area contributed by atoms with Crippen molar-refractivity contribution in [2.45, 2.75) is 51.9 Å². The lowest BCUT2D eigenvalue weighted by molar-refractivity contribution is -0.119. The third-order valence-electron chi connectivity index (χ3n) is 1.79. The summed E-state index contributed by atoms with van der Waals surface area (Å²) in [6.07, 6.45) is 7.37. The standard InChI is InChI=1S/C10H17O2/c1-2-3-7-10(12)8-5-4-6-9-11/h2-8H2,1H3. The van der Waals surface area contributed by atoms with Gasteiger partial charge in [0.15, 0.2) is 6.29 Å². The summed E-state index contributed by atoms with van der Waals surface area (Å²) in [5.74, 6) is 0.336. The van der Waals surface area contributed by atoms with Crippen molar-refractivity contribution < 1.29 is 9.59 Å². The fraction of sp³-hybridized carbons (Fsp3) is 0.800. The zero-order valence-corrected chi connectivity index (χ0v) is 7.77. The van der Waals surface area contributed by atoms with E-state index in [1.54, 1.807) is 0 Å². The highest BCUT2D eigenvalue weighted by atomic mass is 16.1. The lowest BCUT2D eigenvalue weighted by Crippen LogP contribution is -1.96. The zero-order valence-electron chi connectivity index (χ0n) is 7.77. The molecule has 0 aliphatic carbocycles. The summed E-state index contributed by atoms with van der Waals surface area (Å²) in [5, 5.41) is 0. The molecule has 0 aliphatic heterocycles. The average molecular weight is 169 g/mol. The highest BCUT2D eigenvalue weighted by Crippen LogP contribution is 2.04. The Morgan fingerprint density at radius 3 is 2.42 bits per heavy atom. The molecule has 0 spiro atoms. The first-order valence-electron chi connectivity index (χ1n) is 4.68. The molecule has 0 amide bonds. The van der Waals surface area contributed by atoms with Crippen LogP contribution in [0.2, 0.25) is 0 Å². The predicted octanol–water partition coefficient (Wildman–Crippen LogP) is 2.42. The minimum absolute atomic E-state index is 0.336. The fourth-order valence-electron chi connectivity index (χ4n) is 1.02. The molecule has 69 valence electrons. The second kappa shape index (κ2) is 8.44. The quantitative estimate of drug-likeness (QED) is 0.523. The number of rotatable bonds is 8. The van der Waals surface area contributed by atoms with E-state index in [9.17, 15) is 9.59 Å². The van der Waals surface area contributed by atoms with E-state index in [1.807, 2.05) is 6.29 Å². The first-order chi connectivity index (χ1) is 5.81. The number of carbonyl (C=O) groups excluding carboxylic acids is 2. The van der Waals surface area contributed by atoms with E-state index < -0.39 is 0 Å². The van der Waals surface area contributed by atoms with Crippen molar-refractivity contribution in [3.05, 3.63) is 0 Å². The molecule has 0 unspecified atom stereocenters. The minimum Gasteiger partial charge on any atom is -0.300 e. The monoisotopic (exact) mass is 169 g/mol. The minimum atomic E-state index is 0.336. The summed E-state index contributed by atoms with van der Waals surface area (Å²) in [5.41, 5.74) is 0. The van der Waals surface area contributed by atoms with Gasteiger partial charge in [-0.05, 0) is 19.3 Å². The van der Waals surface area contributed by atoms with Crippen molar-refractivity contribution in [3.63, 3.8) is 0 Å². The number of Topliss-reactive ketones (excluding diaryl/α,β-unsaturated/α-hetero) is 1. The Morgan fingerprint density at radius 1 is 1.17 bits per heavy atom. The van der Waals surface area contributed by atoms with Gasteiger partial charge in [0.1, 0.15) is 5.78 Å². The van der Waals surface area contributed by atoms with Crippen molar-refractivity contribution in [1.29, 1.82) is 0 Å². The van der Waals surface area contributed by atoms with Gasteiger partial charge < -0.3 is 0 Å². The van der Waals surface area contributed by atoms with Crippen LogP contribution in [0.25, 0.3) is 0 Å². The molecule has 1 radical (unpaired) electrons. The largest absolute Gasteiger partial charge is 0.300 e. The van der Waals surface area contributed by atoms with Gasteiger partial charge >= 0.3 is 0 Å². The number of unbranched alkanes of at least 4 members (excludes halogenated alkanes) is 3. The van der Waals surface area contributed by atoms with Crippen molar-refractivity contribution in [1.82, 2.24) is 0 Å². The molecule has 0 atom stereocenters. The Kier molecular flexibility index (Phi) is 7.97. The molecule has 0 fully saturated rings. The van der Waals surface area contributed by atoms with Gasteiger partial charge in [-0.2, -0.15) is 0 Å². The summed E-state index contributed by atoms with van der Waals surface area (Å²) in [6.45, 7) is 2.08. The third-order valence-corrected chi connectivity index (χ3v) is 1.79. The van der Waals surface area contributed by atoms with Crippen LogP contribution in [-0.2, 0) is 9.59 Å². The summed E-state index contributed by atoms with van der Waals surface area (Å²) in [6, 6.07) is 0. The maximum Gasteiger partial charge on any atom is 0.198 e. The lowest BCUT2D eigenvalue weighted by Gasteiger charge is -1.97. The van der Waals surface area contributed by atoms with Crippen LogP contribution in [0, 0.1) is 0 Å². The maximum atomic E-state index is 11.1. The second-order valence-corrected chi connectivity index (χ2v) is 2.99. The Balaban J connectivity index is 3.13. The van der Waals surface area contributed by atoms with Gasteiger partial charge in [-0.25, -0.2) is 0 Å². The summed E-state index contributed by atoms with van der Waals surface area (Å²) < 4.78 is 0. The molecule has 0 bridgehead atoms. The van der Waals surface area contributed by atoms with Crippen LogP contribution in [0.3, 0.4) is 0 Å². The molecule has 12 heavy (non-hydrogen) atoms. The first-order valence-corrected chi connectivity index (χ1v) is 4.68. The van der Waals surface area contributed by atoms with Crippen LogP contribution in [0.4, 0.5) is 0 Å². The van der Waals surface area contributed by atoms with Crippen molar-refractivity contribution in [2.24, 2.45) is 0 Å². The normalized spacial score (nSPS) is 9.75. The third kappa shape index (κ3) is 7.45. The van der Waals surface area contributed by atoms with Gasteiger partial charge in [-0.3, -0.25) is 9.59 Å². The zero-order chi connectivity index (χ0) is 9.23. The fourth-order valence-corrected chi connectivity index (χ4v) is 1.02. The van der Waals surface area contributed by atoms with Crippen LogP contribution >= 0.6 is 0 Å². The van der Waals surface area contributed by atoms with Crippen molar-refractivity contribution in [2.75, 3.05) is 0 Å². The van der Waals surface area contributed by atoms with Gasteiger partial charge in [-0.1, -0.05) is 13.3 Å². The van der Waals surface area contributed by atoms with Crippen LogP contribution in [-0.4, -0.2) is 12.1 Å². The Labute approximate surface area is 74.3 Å². The Morgan fingerprint density at radius 2 is 1.83 bits per heavy atom. The Hall–Kier alpha value is -0.660. The van der Waals surface area contributed by atoms with Crippen LogP contribution < -0.4 is 0 Å². The molecule has 0 saturated carbocycles.